The third kappa shape index (κ3) is 2.30. The highest BCUT2D eigenvalue weighted by Crippen LogP contribution is 2.30. The van der Waals surface area contributed by atoms with Crippen LogP contribution in [0.3, 0.4) is 0 Å². The lowest BCUT2D eigenvalue weighted by molar-refractivity contribution is 0.00299. The molecule has 0 heterocycles. The van der Waals surface area contributed by atoms with E-state index < -0.39 is 0 Å². The molecule has 0 spiro atoms. The molecule has 1 aromatic rings. The van der Waals surface area contributed by atoms with E-state index in [9.17, 15) is 0 Å². The van der Waals surface area contributed by atoms with Gasteiger partial charge in [-0.25, -0.2) is 0 Å². The van der Waals surface area contributed by atoms with Crippen LogP contribution in [0.4, 0.5) is 11.4 Å². The summed E-state index contributed by atoms with van der Waals surface area (Å²) >= 11 is 0. The number of para-hydroxylation sites is 1. The minimum Gasteiger partial charge on any atom is -0.397 e. The largest absolute Gasteiger partial charge is 0.397 e. The second-order valence-electron chi connectivity index (χ2n) is 4.43. The molecule has 0 bridgehead atoms. The third-order valence-electron chi connectivity index (χ3n) is 3.15. The number of ether oxygens (including phenoxy) is 1. The molecule has 3 heteroatoms. The number of rotatable bonds is 4. The van der Waals surface area contributed by atoms with Crippen molar-refractivity contribution in [1.82, 2.24) is 0 Å². The first-order chi connectivity index (χ1) is 7.70. The molecular weight excluding hydrogens is 200 g/mol. The van der Waals surface area contributed by atoms with Gasteiger partial charge < -0.3 is 15.8 Å². The van der Waals surface area contributed by atoms with Crippen molar-refractivity contribution in [3.8, 4) is 0 Å². The lowest BCUT2D eigenvalue weighted by atomic mass is 9.88. The van der Waals surface area contributed by atoms with E-state index in [1.165, 1.54) is 5.56 Å². The van der Waals surface area contributed by atoms with E-state index in [0.717, 1.165) is 30.8 Å². The molecule has 2 rings (SSSR count). The fraction of sp³-hybridized carbons (Fsp3) is 0.538. The molecular formula is C13H20N2O. The monoisotopic (exact) mass is 220 g/mol. The minimum absolute atomic E-state index is 0.438. The highest BCUT2D eigenvalue weighted by molar-refractivity contribution is 5.70. The average molecular weight is 220 g/mol. The SMILES string of the molecule is CCOC1CC(Nc2c(C)cccc2N)C1. The van der Waals surface area contributed by atoms with Gasteiger partial charge >= 0.3 is 0 Å². The van der Waals surface area contributed by atoms with E-state index in [1.807, 2.05) is 19.1 Å². The van der Waals surface area contributed by atoms with Gasteiger partial charge in [0.1, 0.15) is 0 Å². The summed E-state index contributed by atoms with van der Waals surface area (Å²) in [6, 6.07) is 6.52. The van der Waals surface area contributed by atoms with E-state index in [-0.39, 0.29) is 0 Å². The topological polar surface area (TPSA) is 47.3 Å². The summed E-state index contributed by atoms with van der Waals surface area (Å²) in [4.78, 5) is 0. The zero-order valence-electron chi connectivity index (χ0n) is 9.99. The Bertz CT molecular complexity index is 339. The molecule has 1 fully saturated rings. The van der Waals surface area contributed by atoms with Crippen molar-refractivity contribution in [3.05, 3.63) is 23.8 Å². The Labute approximate surface area is 97.0 Å². The second kappa shape index (κ2) is 4.74. The molecule has 0 aliphatic heterocycles. The number of nitrogens with one attached hydrogen (secondary N) is 1. The summed E-state index contributed by atoms with van der Waals surface area (Å²) in [5, 5.41) is 3.50. The molecule has 3 N–H and O–H groups in total. The molecule has 0 unspecified atom stereocenters. The maximum Gasteiger partial charge on any atom is 0.0614 e. The van der Waals surface area contributed by atoms with Crippen molar-refractivity contribution >= 4 is 11.4 Å². The molecule has 16 heavy (non-hydrogen) atoms. The quantitative estimate of drug-likeness (QED) is 0.767. The van der Waals surface area contributed by atoms with Crippen LogP contribution in [0.2, 0.25) is 0 Å². The van der Waals surface area contributed by atoms with Crippen LogP contribution in [0, 0.1) is 6.92 Å². The van der Waals surface area contributed by atoms with Gasteiger partial charge in [0, 0.05) is 12.6 Å². The Balaban J connectivity index is 1.91. The third-order valence-corrected chi connectivity index (χ3v) is 3.15. The molecule has 1 aliphatic carbocycles. The van der Waals surface area contributed by atoms with Gasteiger partial charge in [0.25, 0.3) is 0 Å². The van der Waals surface area contributed by atoms with Crippen molar-refractivity contribution in [2.75, 3.05) is 17.7 Å². The molecule has 1 aliphatic rings. The Kier molecular flexibility index (Phi) is 3.34. The fourth-order valence-corrected chi connectivity index (χ4v) is 2.15. The van der Waals surface area contributed by atoms with Crippen LogP contribution in [0.25, 0.3) is 0 Å². The summed E-state index contributed by atoms with van der Waals surface area (Å²) < 4.78 is 5.53. The average Bonchev–Trinajstić information content (AvgIpc) is 2.19. The summed E-state index contributed by atoms with van der Waals surface area (Å²) in [6.45, 7) is 4.93. The number of nitrogens with two attached hydrogens (primary N) is 1. The van der Waals surface area contributed by atoms with Crippen LogP contribution in [0.1, 0.15) is 25.3 Å². The molecule has 1 saturated carbocycles. The van der Waals surface area contributed by atoms with Gasteiger partial charge in [-0.2, -0.15) is 0 Å². The van der Waals surface area contributed by atoms with Crippen molar-refractivity contribution in [2.24, 2.45) is 0 Å². The number of nitrogen functional groups attached to an aromatic ring is 1. The number of anilines is 2. The Morgan fingerprint density at radius 1 is 1.44 bits per heavy atom. The van der Waals surface area contributed by atoms with Crippen molar-refractivity contribution in [1.29, 1.82) is 0 Å². The van der Waals surface area contributed by atoms with Gasteiger partial charge in [-0.1, -0.05) is 12.1 Å². The minimum atomic E-state index is 0.438. The highest BCUT2D eigenvalue weighted by Gasteiger charge is 2.29. The zero-order chi connectivity index (χ0) is 11.5. The maximum atomic E-state index is 5.95. The highest BCUT2D eigenvalue weighted by atomic mass is 16.5. The lowest BCUT2D eigenvalue weighted by Crippen LogP contribution is -2.41. The van der Waals surface area contributed by atoms with Crippen LogP contribution in [0.15, 0.2) is 18.2 Å². The van der Waals surface area contributed by atoms with Gasteiger partial charge in [0.2, 0.25) is 0 Å². The first kappa shape index (κ1) is 11.3. The summed E-state index contributed by atoms with van der Waals surface area (Å²) in [6.07, 6.45) is 2.61. The van der Waals surface area contributed by atoms with Crippen LogP contribution in [-0.4, -0.2) is 18.8 Å². The zero-order valence-corrected chi connectivity index (χ0v) is 9.99. The van der Waals surface area contributed by atoms with Crippen molar-refractivity contribution in [3.63, 3.8) is 0 Å². The van der Waals surface area contributed by atoms with Gasteiger partial charge in [-0.05, 0) is 38.3 Å². The van der Waals surface area contributed by atoms with Crippen molar-refractivity contribution in [2.45, 2.75) is 38.8 Å². The van der Waals surface area contributed by atoms with Crippen LogP contribution in [0.5, 0.6) is 0 Å². The lowest BCUT2D eigenvalue weighted by Gasteiger charge is -2.36. The van der Waals surface area contributed by atoms with Crippen LogP contribution in [-0.2, 0) is 4.74 Å². The normalized spacial score (nSPS) is 23.9. The molecule has 88 valence electrons. The van der Waals surface area contributed by atoms with Gasteiger partial charge in [-0.15, -0.1) is 0 Å². The standard InChI is InChI=1S/C13H20N2O/c1-3-16-11-7-10(8-11)15-13-9(2)5-4-6-12(13)14/h4-6,10-11,15H,3,7-8,14H2,1-2H3. The van der Waals surface area contributed by atoms with Gasteiger partial charge in [0.05, 0.1) is 17.5 Å². The number of aryl methyl sites for hydroxylation is 1. The van der Waals surface area contributed by atoms with Crippen LogP contribution < -0.4 is 11.1 Å². The van der Waals surface area contributed by atoms with Gasteiger partial charge in [-0.3, -0.25) is 0 Å². The van der Waals surface area contributed by atoms with Crippen molar-refractivity contribution < 1.29 is 4.74 Å². The first-order valence-corrected chi connectivity index (χ1v) is 5.94. The first-order valence-electron chi connectivity index (χ1n) is 5.94. The summed E-state index contributed by atoms with van der Waals surface area (Å²) in [5.41, 5.74) is 9.08. The summed E-state index contributed by atoms with van der Waals surface area (Å²) in [7, 11) is 0. The van der Waals surface area contributed by atoms with E-state index >= 15 is 0 Å². The van der Waals surface area contributed by atoms with E-state index in [4.69, 9.17) is 10.5 Å². The predicted octanol–water partition coefficient (Wildman–Crippen LogP) is 2.56. The Morgan fingerprint density at radius 2 is 2.19 bits per heavy atom. The van der Waals surface area contributed by atoms with E-state index in [2.05, 4.69) is 18.3 Å². The number of hydrogen-bond acceptors (Lipinski definition) is 3. The van der Waals surface area contributed by atoms with E-state index in [0.29, 0.717) is 12.1 Å². The molecule has 0 amide bonds. The molecule has 0 saturated heterocycles. The maximum absolute atomic E-state index is 5.95. The van der Waals surface area contributed by atoms with Gasteiger partial charge in [0.15, 0.2) is 0 Å². The molecule has 1 aromatic carbocycles. The molecule has 0 radical (unpaired) electrons. The number of hydrogen-bond donors (Lipinski definition) is 2. The van der Waals surface area contributed by atoms with Crippen LogP contribution >= 0.6 is 0 Å². The number of benzene rings is 1. The smallest absolute Gasteiger partial charge is 0.0614 e. The predicted molar refractivity (Wildman–Crippen MR) is 67.7 cm³/mol. The Hall–Kier alpha value is -1.22. The second-order valence-corrected chi connectivity index (χ2v) is 4.43. The van der Waals surface area contributed by atoms with E-state index in [1.54, 1.807) is 0 Å². The molecule has 3 nitrogen and oxygen atoms in total. The molecule has 0 atom stereocenters. The molecule has 0 aromatic heterocycles. The fourth-order valence-electron chi connectivity index (χ4n) is 2.15. The Morgan fingerprint density at radius 3 is 2.81 bits per heavy atom. The summed E-state index contributed by atoms with van der Waals surface area (Å²) in [5.74, 6) is 0.